The van der Waals surface area contributed by atoms with E-state index in [2.05, 4.69) is 23.8 Å². The van der Waals surface area contributed by atoms with Gasteiger partial charge in [0.2, 0.25) is 0 Å². The Labute approximate surface area is 84.0 Å². The van der Waals surface area contributed by atoms with E-state index in [1.165, 1.54) is 0 Å². The van der Waals surface area contributed by atoms with Gasteiger partial charge in [-0.05, 0) is 25.5 Å². The molecule has 14 heavy (non-hydrogen) atoms. The van der Waals surface area contributed by atoms with Gasteiger partial charge in [0.15, 0.2) is 0 Å². The molecule has 1 aromatic rings. The summed E-state index contributed by atoms with van der Waals surface area (Å²) in [5.74, 6) is 1.10. The molecular weight excluding hydrogens is 176 g/mol. The van der Waals surface area contributed by atoms with Crippen LogP contribution in [0.15, 0.2) is 24.8 Å². The van der Waals surface area contributed by atoms with Crippen molar-refractivity contribution in [1.29, 1.82) is 0 Å². The van der Waals surface area contributed by atoms with Crippen LogP contribution >= 0.6 is 0 Å². The Morgan fingerprint density at radius 2 is 2.29 bits per heavy atom. The molecule has 0 aliphatic heterocycles. The number of hydrogen-bond acceptors (Lipinski definition) is 4. The first-order valence-electron chi connectivity index (χ1n) is 4.53. The molecule has 0 radical (unpaired) electrons. The van der Waals surface area contributed by atoms with Crippen molar-refractivity contribution >= 4 is 17.3 Å². The zero-order valence-corrected chi connectivity index (χ0v) is 8.33. The monoisotopic (exact) mass is 192 g/mol. The smallest absolute Gasteiger partial charge is 0.149 e. The Morgan fingerprint density at radius 1 is 1.57 bits per heavy atom. The van der Waals surface area contributed by atoms with Gasteiger partial charge in [0, 0.05) is 6.04 Å². The average molecular weight is 192 g/mol. The number of nitrogens with zero attached hydrogens (tertiary/aromatic N) is 1. The second-order valence-corrected chi connectivity index (χ2v) is 3.24. The molecule has 0 bridgehead atoms. The van der Waals surface area contributed by atoms with Gasteiger partial charge in [-0.2, -0.15) is 0 Å². The van der Waals surface area contributed by atoms with Gasteiger partial charge in [-0.1, -0.05) is 6.08 Å². The largest absolute Gasteiger partial charge is 0.396 e. The third-order valence-electron chi connectivity index (χ3n) is 1.87. The number of nitrogens with one attached hydrogen (secondary N) is 1. The normalized spacial score (nSPS) is 12.1. The Bertz CT molecular complexity index is 322. The Morgan fingerprint density at radius 3 is 2.86 bits per heavy atom. The van der Waals surface area contributed by atoms with Gasteiger partial charge in [0.25, 0.3) is 0 Å². The predicted molar refractivity (Wildman–Crippen MR) is 61.0 cm³/mol. The molecule has 0 aliphatic rings. The van der Waals surface area contributed by atoms with Crippen molar-refractivity contribution in [2.75, 3.05) is 16.8 Å². The number of nitrogens with two attached hydrogens (primary N) is 2. The maximum atomic E-state index is 5.57. The van der Waals surface area contributed by atoms with Gasteiger partial charge < -0.3 is 16.8 Å². The van der Waals surface area contributed by atoms with E-state index in [0.29, 0.717) is 17.5 Å². The van der Waals surface area contributed by atoms with E-state index in [1.54, 1.807) is 6.07 Å². The van der Waals surface area contributed by atoms with Crippen LogP contribution in [-0.2, 0) is 0 Å². The fourth-order valence-corrected chi connectivity index (χ4v) is 1.13. The first-order valence-corrected chi connectivity index (χ1v) is 4.53. The van der Waals surface area contributed by atoms with Crippen molar-refractivity contribution in [2.45, 2.75) is 19.4 Å². The highest BCUT2D eigenvalue weighted by Gasteiger charge is 2.02. The maximum Gasteiger partial charge on any atom is 0.149 e. The summed E-state index contributed by atoms with van der Waals surface area (Å²) in [6, 6.07) is 3.85. The fourth-order valence-electron chi connectivity index (χ4n) is 1.13. The topological polar surface area (TPSA) is 77.0 Å². The van der Waals surface area contributed by atoms with E-state index in [1.807, 2.05) is 12.1 Å². The second-order valence-electron chi connectivity index (χ2n) is 3.24. The lowest BCUT2D eigenvalue weighted by Gasteiger charge is -2.12. The van der Waals surface area contributed by atoms with Crippen molar-refractivity contribution in [1.82, 2.24) is 4.98 Å². The van der Waals surface area contributed by atoms with E-state index < -0.39 is 0 Å². The first kappa shape index (κ1) is 10.4. The molecule has 4 nitrogen and oxygen atoms in total. The molecule has 1 rings (SSSR count). The molecule has 1 atom stereocenters. The van der Waals surface area contributed by atoms with Crippen molar-refractivity contribution in [3.05, 3.63) is 24.8 Å². The van der Waals surface area contributed by atoms with Crippen molar-refractivity contribution in [3.63, 3.8) is 0 Å². The minimum absolute atomic E-state index is 0.294. The van der Waals surface area contributed by atoms with Crippen molar-refractivity contribution in [3.8, 4) is 0 Å². The zero-order valence-electron chi connectivity index (χ0n) is 8.33. The van der Waals surface area contributed by atoms with Crippen LogP contribution < -0.4 is 16.8 Å². The molecule has 0 saturated heterocycles. The lowest BCUT2D eigenvalue weighted by atomic mass is 10.2. The second kappa shape index (κ2) is 4.50. The molecule has 1 unspecified atom stereocenters. The number of aromatic nitrogens is 1. The molecular formula is C10H16N4. The molecule has 0 aliphatic carbocycles. The summed E-state index contributed by atoms with van der Waals surface area (Å²) in [7, 11) is 0. The van der Waals surface area contributed by atoms with Crippen molar-refractivity contribution < 1.29 is 0 Å². The van der Waals surface area contributed by atoms with E-state index in [-0.39, 0.29) is 0 Å². The highest BCUT2D eigenvalue weighted by Crippen LogP contribution is 2.15. The summed E-state index contributed by atoms with van der Waals surface area (Å²) in [5.41, 5.74) is 11.6. The van der Waals surface area contributed by atoms with Crippen LogP contribution in [0.25, 0.3) is 0 Å². The number of anilines is 3. The van der Waals surface area contributed by atoms with Gasteiger partial charge in [-0.3, -0.25) is 0 Å². The number of hydrogen-bond donors (Lipinski definition) is 3. The van der Waals surface area contributed by atoms with Gasteiger partial charge in [-0.15, -0.1) is 6.58 Å². The van der Waals surface area contributed by atoms with Crippen LogP contribution in [0.1, 0.15) is 13.3 Å². The van der Waals surface area contributed by atoms with Crippen molar-refractivity contribution in [2.24, 2.45) is 0 Å². The number of nitrogen functional groups attached to an aromatic ring is 2. The fraction of sp³-hybridized carbons (Fsp3) is 0.300. The summed E-state index contributed by atoms with van der Waals surface area (Å²) in [4.78, 5) is 4.10. The minimum Gasteiger partial charge on any atom is -0.396 e. The molecule has 0 aromatic carbocycles. The molecule has 4 heteroatoms. The van der Waals surface area contributed by atoms with Crippen LogP contribution in [0.3, 0.4) is 0 Å². The van der Waals surface area contributed by atoms with Crippen LogP contribution in [0.4, 0.5) is 17.3 Å². The van der Waals surface area contributed by atoms with E-state index in [9.17, 15) is 0 Å². The molecule has 0 fully saturated rings. The van der Waals surface area contributed by atoms with Crippen LogP contribution in [0.5, 0.6) is 0 Å². The number of rotatable bonds is 4. The van der Waals surface area contributed by atoms with E-state index >= 15 is 0 Å². The molecule has 5 N–H and O–H groups in total. The average Bonchev–Trinajstić information content (AvgIpc) is 2.12. The lowest BCUT2D eigenvalue weighted by Crippen LogP contribution is -2.15. The Kier molecular flexibility index (Phi) is 3.34. The Balaban J connectivity index is 2.67. The predicted octanol–water partition coefficient (Wildman–Crippen LogP) is 1.62. The van der Waals surface area contributed by atoms with Crippen LogP contribution in [0.2, 0.25) is 0 Å². The van der Waals surface area contributed by atoms with E-state index in [0.717, 1.165) is 12.2 Å². The summed E-state index contributed by atoms with van der Waals surface area (Å²) in [6.45, 7) is 5.72. The van der Waals surface area contributed by atoms with E-state index in [4.69, 9.17) is 11.5 Å². The third kappa shape index (κ3) is 2.65. The molecule has 1 aromatic heterocycles. The number of pyridine rings is 1. The molecule has 76 valence electrons. The highest BCUT2D eigenvalue weighted by atomic mass is 15.0. The van der Waals surface area contributed by atoms with Crippen LogP contribution in [0, 0.1) is 0 Å². The quantitative estimate of drug-likeness (QED) is 0.633. The molecule has 0 spiro atoms. The van der Waals surface area contributed by atoms with Gasteiger partial charge in [-0.25, -0.2) is 4.98 Å². The SMILES string of the molecule is C=CCC(C)Nc1ccc(N)c(N)n1. The standard InChI is InChI=1S/C10H16N4/c1-3-4-7(2)13-9-6-5-8(11)10(12)14-9/h3,5-7H,1,4,11H2,2H3,(H3,12,13,14). The summed E-state index contributed by atoms with van der Waals surface area (Å²) in [6.07, 6.45) is 2.74. The lowest BCUT2D eigenvalue weighted by molar-refractivity contribution is 0.808. The summed E-state index contributed by atoms with van der Waals surface area (Å²) in [5, 5.41) is 3.19. The van der Waals surface area contributed by atoms with Crippen LogP contribution in [-0.4, -0.2) is 11.0 Å². The van der Waals surface area contributed by atoms with Gasteiger partial charge in [0.05, 0.1) is 5.69 Å². The molecule has 1 heterocycles. The summed E-state index contributed by atoms with van der Waals surface area (Å²) < 4.78 is 0. The maximum absolute atomic E-state index is 5.57. The third-order valence-corrected chi connectivity index (χ3v) is 1.87. The minimum atomic E-state index is 0.294. The molecule has 0 amide bonds. The zero-order chi connectivity index (χ0) is 10.6. The molecule has 0 saturated carbocycles. The first-order chi connectivity index (χ1) is 6.63. The Hall–Kier alpha value is -1.71. The summed E-state index contributed by atoms with van der Waals surface area (Å²) >= 11 is 0. The highest BCUT2D eigenvalue weighted by molar-refractivity contribution is 5.61. The van der Waals surface area contributed by atoms with Gasteiger partial charge >= 0.3 is 0 Å². The van der Waals surface area contributed by atoms with Gasteiger partial charge in [0.1, 0.15) is 11.6 Å².